The number of aryl methyl sites for hydroxylation is 1. The number of carbonyl (C=O) groups excluding carboxylic acids is 1. The van der Waals surface area contributed by atoms with Crippen LogP contribution < -0.4 is 10.1 Å². The predicted octanol–water partition coefficient (Wildman–Crippen LogP) is 3.19. The fourth-order valence-electron chi connectivity index (χ4n) is 3.70. The fraction of sp³-hybridized carbons (Fsp3) is 0.360. The molecule has 0 bridgehead atoms. The maximum atomic E-state index is 12.9. The molecule has 4 rings (SSSR count). The van der Waals surface area contributed by atoms with E-state index in [1.807, 2.05) is 52.0 Å². The van der Waals surface area contributed by atoms with E-state index in [1.54, 1.807) is 39.7 Å². The van der Waals surface area contributed by atoms with E-state index >= 15 is 0 Å². The van der Waals surface area contributed by atoms with Gasteiger partial charge < -0.3 is 19.4 Å². The number of amides is 1. The Morgan fingerprint density at radius 1 is 1.15 bits per heavy atom. The number of ether oxygens (including phenoxy) is 2. The van der Waals surface area contributed by atoms with Crippen molar-refractivity contribution in [2.75, 3.05) is 13.7 Å². The van der Waals surface area contributed by atoms with Crippen LogP contribution in [0.3, 0.4) is 0 Å². The van der Waals surface area contributed by atoms with Gasteiger partial charge in [-0.3, -0.25) is 14.5 Å². The lowest BCUT2D eigenvalue weighted by atomic mass is 10.1. The summed E-state index contributed by atoms with van der Waals surface area (Å²) in [5.41, 5.74) is 1.83. The van der Waals surface area contributed by atoms with E-state index in [9.17, 15) is 4.79 Å². The van der Waals surface area contributed by atoms with Crippen molar-refractivity contribution in [3.8, 4) is 5.88 Å². The number of hydrogen-bond donors (Lipinski definition) is 1. The Hall–Kier alpha value is -3.72. The second-order valence-electron chi connectivity index (χ2n) is 8.63. The van der Waals surface area contributed by atoms with Gasteiger partial charge in [0.1, 0.15) is 0 Å². The van der Waals surface area contributed by atoms with E-state index in [-0.39, 0.29) is 5.91 Å². The smallest absolute Gasteiger partial charge is 0.263 e. The minimum Gasteiger partial charge on any atom is -0.460 e. The number of carbonyl (C=O) groups is 1. The highest BCUT2D eigenvalue weighted by molar-refractivity contribution is 5.88. The summed E-state index contributed by atoms with van der Waals surface area (Å²) in [7, 11) is 1.66. The molecule has 4 aromatic rings. The molecule has 3 aromatic heterocycles. The lowest BCUT2D eigenvalue weighted by Crippen LogP contribution is -2.47. The molecule has 0 aliphatic carbocycles. The molecular formula is C25H30N6O3. The molecule has 34 heavy (non-hydrogen) atoms. The molecule has 1 aromatic carbocycles. The number of rotatable bonds is 11. The van der Waals surface area contributed by atoms with Crippen LogP contribution in [0.5, 0.6) is 5.88 Å². The van der Waals surface area contributed by atoms with Crippen LogP contribution in [0.1, 0.15) is 31.4 Å². The van der Waals surface area contributed by atoms with Gasteiger partial charge in [0.05, 0.1) is 30.4 Å². The topological polar surface area (TPSA) is 96.1 Å². The molecule has 0 atom stereocenters. The summed E-state index contributed by atoms with van der Waals surface area (Å²) in [4.78, 5) is 21.1. The predicted molar refractivity (Wildman–Crippen MR) is 128 cm³/mol. The first kappa shape index (κ1) is 23.4. The molecular weight excluding hydrogens is 432 g/mol. The van der Waals surface area contributed by atoms with Crippen molar-refractivity contribution in [2.24, 2.45) is 0 Å². The van der Waals surface area contributed by atoms with Crippen LogP contribution in [0.25, 0.3) is 10.9 Å². The number of fused-ring (bicyclic) bond motifs is 1. The first-order valence-corrected chi connectivity index (χ1v) is 11.3. The lowest BCUT2D eigenvalue weighted by Gasteiger charge is -2.24. The fourth-order valence-corrected chi connectivity index (χ4v) is 3.70. The average Bonchev–Trinajstić information content (AvgIpc) is 3.46. The van der Waals surface area contributed by atoms with Crippen molar-refractivity contribution in [2.45, 2.75) is 45.6 Å². The largest absolute Gasteiger partial charge is 0.460 e. The van der Waals surface area contributed by atoms with E-state index < -0.39 is 5.60 Å². The van der Waals surface area contributed by atoms with Gasteiger partial charge in [-0.1, -0.05) is 12.1 Å². The molecule has 0 fully saturated rings. The minimum absolute atomic E-state index is 0.193. The molecule has 0 saturated carbocycles. The summed E-state index contributed by atoms with van der Waals surface area (Å²) < 4.78 is 15.4. The molecule has 0 saturated heterocycles. The summed E-state index contributed by atoms with van der Waals surface area (Å²) in [6.07, 6.45) is 9.76. The Kier molecular flexibility index (Phi) is 7.22. The van der Waals surface area contributed by atoms with Gasteiger partial charge in [-0.2, -0.15) is 0 Å². The van der Waals surface area contributed by atoms with Crippen LogP contribution >= 0.6 is 0 Å². The summed E-state index contributed by atoms with van der Waals surface area (Å²) in [5.74, 6) is 0.219. The van der Waals surface area contributed by atoms with Crippen molar-refractivity contribution in [1.29, 1.82) is 0 Å². The number of benzene rings is 1. The Bertz CT molecular complexity index is 1220. The molecule has 0 spiro atoms. The van der Waals surface area contributed by atoms with Gasteiger partial charge in [0.2, 0.25) is 5.88 Å². The van der Waals surface area contributed by atoms with Crippen LogP contribution in [0.15, 0.2) is 61.4 Å². The van der Waals surface area contributed by atoms with Crippen LogP contribution in [-0.2, 0) is 29.2 Å². The molecule has 1 amide bonds. The molecule has 0 radical (unpaired) electrons. The van der Waals surface area contributed by atoms with E-state index in [1.165, 1.54) is 0 Å². The molecule has 3 heterocycles. The number of methoxy groups -OCH3 is 1. The van der Waals surface area contributed by atoms with Gasteiger partial charge in [-0.15, -0.1) is 5.10 Å². The molecule has 0 aliphatic heterocycles. The third-order valence-corrected chi connectivity index (χ3v) is 5.48. The van der Waals surface area contributed by atoms with E-state index in [0.29, 0.717) is 25.6 Å². The minimum atomic E-state index is -1.10. The van der Waals surface area contributed by atoms with Gasteiger partial charge in [0, 0.05) is 45.0 Å². The zero-order valence-electron chi connectivity index (χ0n) is 19.8. The van der Waals surface area contributed by atoms with Crippen LogP contribution in [-0.4, -0.2) is 49.5 Å². The Morgan fingerprint density at radius 3 is 2.76 bits per heavy atom. The third kappa shape index (κ3) is 5.60. The Morgan fingerprint density at radius 2 is 2.03 bits per heavy atom. The highest BCUT2D eigenvalue weighted by Gasteiger charge is 2.31. The van der Waals surface area contributed by atoms with E-state index in [2.05, 4.69) is 15.3 Å². The maximum Gasteiger partial charge on any atom is 0.263 e. The number of nitrogens with zero attached hydrogens (tertiary/aromatic N) is 5. The van der Waals surface area contributed by atoms with Gasteiger partial charge in [-0.05, 0) is 49.6 Å². The number of imidazole rings is 1. The number of nitrogens with one attached hydrogen (secondary N) is 1. The van der Waals surface area contributed by atoms with E-state index in [0.717, 1.165) is 35.0 Å². The monoisotopic (exact) mass is 462 g/mol. The van der Waals surface area contributed by atoms with Crippen molar-refractivity contribution in [1.82, 2.24) is 29.6 Å². The standard InChI is InChI=1S/C25H30N6O3/c1-25(2,24(32)28-10-5-12-30-13-11-27-18-30)34-23-21-14-19(17-33-3)7-8-22(21)31(29-23)16-20-6-4-9-26-15-20/h4,6-9,11,13-15,18H,5,10,12,16-17H2,1-3H3,(H,28,32). The highest BCUT2D eigenvalue weighted by atomic mass is 16.5. The number of aromatic nitrogens is 5. The van der Waals surface area contributed by atoms with Crippen molar-refractivity contribution >= 4 is 16.8 Å². The summed E-state index contributed by atoms with van der Waals surface area (Å²) in [6.45, 7) is 5.85. The van der Waals surface area contributed by atoms with Crippen molar-refractivity contribution in [3.63, 3.8) is 0 Å². The number of hydrogen-bond acceptors (Lipinski definition) is 6. The Labute approximate surface area is 198 Å². The zero-order valence-corrected chi connectivity index (χ0v) is 19.8. The summed E-state index contributed by atoms with van der Waals surface area (Å²) >= 11 is 0. The molecule has 9 heteroatoms. The van der Waals surface area contributed by atoms with Gasteiger partial charge in [0.15, 0.2) is 5.60 Å². The molecule has 0 unspecified atom stereocenters. The van der Waals surface area contributed by atoms with Gasteiger partial charge in [-0.25, -0.2) is 4.98 Å². The van der Waals surface area contributed by atoms with Gasteiger partial charge in [0.25, 0.3) is 5.91 Å². The van der Waals surface area contributed by atoms with Crippen LogP contribution in [0.4, 0.5) is 0 Å². The van der Waals surface area contributed by atoms with E-state index in [4.69, 9.17) is 14.6 Å². The summed E-state index contributed by atoms with van der Waals surface area (Å²) in [6, 6.07) is 9.91. The highest BCUT2D eigenvalue weighted by Crippen LogP contribution is 2.30. The average molecular weight is 463 g/mol. The normalized spacial score (nSPS) is 11.6. The lowest BCUT2D eigenvalue weighted by molar-refractivity contribution is -0.134. The van der Waals surface area contributed by atoms with Gasteiger partial charge >= 0.3 is 0 Å². The Balaban J connectivity index is 1.51. The van der Waals surface area contributed by atoms with Crippen LogP contribution in [0.2, 0.25) is 0 Å². The summed E-state index contributed by atoms with van der Waals surface area (Å²) in [5, 5.41) is 8.52. The molecule has 178 valence electrons. The van der Waals surface area contributed by atoms with Crippen molar-refractivity contribution < 1.29 is 14.3 Å². The molecule has 1 N–H and O–H groups in total. The third-order valence-electron chi connectivity index (χ3n) is 5.48. The van der Waals surface area contributed by atoms with Crippen LogP contribution in [0, 0.1) is 0 Å². The number of pyridine rings is 1. The quantitative estimate of drug-likeness (QED) is 0.344. The first-order chi connectivity index (χ1) is 16.5. The van der Waals surface area contributed by atoms with Crippen molar-refractivity contribution in [3.05, 3.63) is 72.6 Å². The molecule has 9 nitrogen and oxygen atoms in total. The molecule has 0 aliphatic rings. The SMILES string of the molecule is COCc1ccc2c(c1)c(OC(C)(C)C(=O)NCCCn1ccnc1)nn2Cc1cccnc1. The second kappa shape index (κ2) is 10.5. The maximum absolute atomic E-state index is 12.9. The second-order valence-corrected chi connectivity index (χ2v) is 8.63. The zero-order chi connectivity index (χ0) is 24.0. The first-order valence-electron chi connectivity index (χ1n) is 11.3.